The van der Waals surface area contributed by atoms with Crippen molar-refractivity contribution >= 4 is 0 Å². The van der Waals surface area contributed by atoms with Crippen LogP contribution in [0.1, 0.15) is 125 Å². The van der Waals surface area contributed by atoms with Gasteiger partial charge < -0.3 is 0 Å². The van der Waals surface area contributed by atoms with E-state index in [0.29, 0.717) is 0 Å². The van der Waals surface area contributed by atoms with Crippen molar-refractivity contribution in [3.63, 3.8) is 0 Å². The third-order valence-electron chi connectivity index (χ3n) is 14.9. The highest BCUT2D eigenvalue weighted by Crippen LogP contribution is 2.46. The van der Waals surface area contributed by atoms with E-state index in [2.05, 4.69) is 125 Å². The molecule has 0 atom stereocenters. The van der Waals surface area contributed by atoms with Gasteiger partial charge in [-0.05, 0) is 107 Å². The summed E-state index contributed by atoms with van der Waals surface area (Å²) in [7, 11) is 0. The molecule has 0 amide bonds. The minimum Gasteiger partial charge on any atom is -0.0620 e. The van der Waals surface area contributed by atoms with E-state index in [0.717, 1.165) is 107 Å². The molecule has 0 spiro atoms. The second-order valence-corrected chi connectivity index (χ2v) is 15.5. The van der Waals surface area contributed by atoms with Crippen molar-refractivity contribution in [2.45, 2.75) is 125 Å². The van der Waals surface area contributed by atoms with Crippen LogP contribution in [-0.4, -0.2) is 0 Å². The van der Waals surface area contributed by atoms with Crippen LogP contribution in [0.4, 0.5) is 0 Å². The molecular weight excluding hydrogens is 432 g/mol. The van der Waals surface area contributed by atoms with Crippen LogP contribution in [-0.2, 0) is 0 Å². The molecule has 36 heavy (non-hydrogen) atoms. The summed E-state index contributed by atoms with van der Waals surface area (Å²) >= 11 is 0. The van der Waals surface area contributed by atoms with Gasteiger partial charge in [0.2, 0.25) is 0 Å². The molecule has 216 valence electrons. The molecule has 3 rings (SSSR count). The Morgan fingerprint density at radius 3 is 0.167 bits per heavy atom. The third-order valence-corrected chi connectivity index (χ3v) is 14.9. The molecule has 0 aromatic heterocycles. The summed E-state index contributed by atoms with van der Waals surface area (Å²) in [6, 6.07) is 0. The Kier molecular flexibility index (Phi) is 13.1. The Hall–Kier alpha value is 0. The van der Waals surface area contributed by atoms with Crippen molar-refractivity contribution in [3.8, 4) is 0 Å². The molecule has 0 bridgehead atoms. The van der Waals surface area contributed by atoms with Crippen LogP contribution in [0.5, 0.6) is 0 Å². The van der Waals surface area contributed by atoms with E-state index >= 15 is 0 Å². The minimum atomic E-state index is 0.882. The monoisotopic (exact) mass is 505 g/mol. The number of hydrogen-bond donors (Lipinski definition) is 0. The molecule has 0 nitrogen and oxygen atoms in total. The largest absolute Gasteiger partial charge is 0.0620 e. The molecule has 0 heterocycles. The predicted molar refractivity (Wildman–Crippen MR) is 165 cm³/mol. The van der Waals surface area contributed by atoms with E-state index in [1.807, 2.05) is 0 Å². The number of rotatable bonds is 0. The summed E-state index contributed by atoms with van der Waals surface area (Å²) in [5.74, 6) is 16.3. The maximum atomic E-state index is 2.45. The Morgan fingerprint density at radius 2 is 0.139 bits per heavy atom. The lowest BCUT2D eigenvalue weighted by Gasteiger charge is -2.45. The fraction of sp³-hybridized carbons (Fsp3) is 1.00. The first-order valence-corrected chi connectivity index (χ1v) is 16.4. The summed E-state index contributed by atoms with van der Waals surface area (Å²) in [6.45, 7) is 43.7. The second kappa shape index (κ2) is 13.9. The van der Waals surface area contributed by atoms with Crippen LogP contribution in [0.3, 0.4) is 0 Å². The van der Waals surface area contributed by atoms with Gasteiger partial charge in [0.05, 0.1) is 0 Å². The van der Waals surface area contributed by atoms with Crippen LogP contribution in [0, 0.1) is 107 Å². The molecule has 0 heteroatoms. The normalized spacial score (nSPS) is 55.5. The van der Waals surface area contributed by atoms with Crippen LogP contribution in [0.15, 0.2) is 0 Å². The molecule has 3 saturated carbocycles. The number of hydrogen-bond acceptors (Lipinski definition) is 0. The lowest BCUT2D eigenvalue weighted by molar-refractivity contribution is 0.0302. The lowest BCUT2D eigenvalue weighted by atomic mass is 9.60. The van der Waals surface area contributed by atoms with Crippen molar-refractivity contribution in [2.24, 2.45) is 107 Å². The molecule has 0 aromatic carbocycles. The first-order chi connectivity index (χ1) is 16.4. The Morgan fingerprint density at radius 1 is 0.111 bits per heavy atom. The molecule has 3 aliphatic carbocycles. The topological polar surface area (TPSA) is 0 Å². The van der Waals surface area contributed by atoms with E-state index in [-0.39, 0.29) is 0 Å². The van der Waals surface area contributed by atoms with Gasteiger partial charge in [0.1, 0.15) is 0 Å². The smallest absolute Gasteiger partial charge is 0.0386 e. The van der Waals surface area contributed by atoms with E-state index in [1.54, 1.807) is 0 Å². The standard InChI is InChI=1S/C14H28.C12H24.C10H20/c1-8-9(2)11(4)13(6)14(7)12(5)10(8)3;1-7-8(2)10(4)12(6)11(5)9(7)3;1-6-7(2)9(4)10(5)8(6)3/h8-14H,1-7H3;7-12H,1-6H3;6-10H,1-5H3. The Labute approximate surface area is 231 Å². The van der Waals surface area contributed by atoms with E-state index in [9.17, 15) is 0 Å². The van der Waals surface area contributed by atoms with Gasteiger partial charge in [0, 0.05) is 0 Å². The van der Waals surface area contributed by atoms with Crippen LogP contribution >= 0.6 is 0 Å². The molecule has 0 aliphatic heterocycles. The highest BCUT2D eigenvalue weighted by Gasteiger charge is 2.40. The predicted octanol–water partition coefficient (Wildman–Crippen LogP) is 11.4. The molecule has 0 saturated heterocycles. The molecule has 0 unspecified atom stereocenters. The van der Waals surface area contributed by atoms with Gasteiger partial charge in [0.15, 0.2) is 0 Å². The zero-order chi connectivity index (χ0) is 28.4. The maximum absolute atomic E-state index is 2.45. The average Bonchev–Trinajstić information content (AvgIpc) is 3.02. The average molecular weight is 505 g/mol. The molecule has 0 N–H and O–H groups in total. The molecule has 3 fully saturated rings. The van der Waals surface area contributed by atoms with Crippen molar-refractivity contribution in [3.05, 3.63) is 0 Å². The summed E-state index contributed by atoms with van der Waals surface area (Å²) < 4.78 is 0. The summed E-state index contributed by atoms with van der Waals surface area (Å²) in [4.78, 5) is 0. The summed E-state index contributed by atoms with van der Waals surface area (Å²) in [6.07, 6.45) is 0. The molecule has 3 aliphatic rings. The fourth-order valence-electron chi connectivity index (χ4n) is 8.62. The first kappa shape index (κ1) is 34.0. The second-order valence-electron chi connectivity index (χ2n) is 15.5. The van der Waals surface area contributed by atoms with Crippen LogP contribution in [0.2, 0.25) is 0 Å². The summed E-state index contributed by atoms with van der Waals surface area (Å²) in [5, 5.41) is 0. The fourth-order valence-corrected chi connectivity index (χ4v) is 8.62. The van der Waals surface area contributed by atoms with Crippen molar-refractivity contribution in [1.82, 2.24) is 0 Å². The van der Waals surface area contributed by atoms with Gasteiger partial charge in [0.25, 0.3) is 0 Å². The van der Waals surface area contributed by atoms with Gasteiger partial charge in [-0.1, -0.05) is 125 Å². The van der Waals surface area contributed by atoms with Gasteiger partial charge in [-0.2, -0.15) is 0 Å². The SMILES string of the molecule is CC1C(C)C(C)C(C)C(C)C(C)C1C.CC1C(C)C(C)C(C)C(C)C1C.CC1C(C)C(C)C(C)C1C. The summed E-state index contributed by atoms with van der Waals surface area (Å²) in [5.41, 5.74) is 0. The minimum absolute atomic E-state index is 0.882. The zero-order valence-corrected chi connectivity index (χ0v) is 28.4. The highest BCUT2D eigenvalue weighted by molar-refractivity contribution is 4.89. The van der Waals surface area contributed by atoms with E-state index in [4.69, 9.17) is 0 Å². The van der Waals surface area contributed by atoms with Crippen molar-refractivity contribution in [2.75, 3.05) is 0 Å². The molecule has 0 aromatic rings. The van der Waals surface area contributed by atoms with Crippen LogP contribution in [0.25, 0.3) is 0 Å². The zero-order valence-electron chi connectivity index (χ0n) is 28.4. The van der Waals surface area contributed by atoms with Crippen LogP contribution < -0.4 is 0 Å². The highest BCUT2D eigenvalue weighted by atomic mass is 14.5. The van der Waals surface area contributed by atoms with Gasteiger partial charge in [-0.15, -0.1) is 0 Å². The lowest BCUT2D eigenvalue weighted by Crippen LogP contribution is -2.39. The van der Waals surface area contributed by atoms with Crippen molar-refractivity contribution in [1.29, 1.82) is 0 Å². The van der Waals surface area contributed by atoms with E-state index in [1.165, 1.54) is 0 Å². The molecule has 0 radical (unpaired) electrons. The van der Waals surface area contributed by atoms with E-state index < -0.39 is 0 Å². The van der Waals surface area contributed by atoms with Gasteiger partial charge in [-0.3, -0.25) is 0 Å². The Bertz CT molecular complexity index is 445. The maximum Gasteiger partial charge on any atom is -0.0386 e. The molecular formula is C36H72. The first-order valence-electron chi connectivity index (χ1n) is 16.4. The quantitative estimate of drug-likeness (QED) is 0.288. The van der Waals surface area contributed by atoms with Gasteiger partial charge in [-0.25, -0.2) is 0 Å². The van der Waals surface area contributed by atoms with Crippen molar-refractivity contribution < 1.29 is 0 Å². The third kappa shape index (κ3) is 7.14. The van der Waals surface area contributed by atoms with Gasteiger partial charge >= 0.3 is 0 Å². The Balaban J connectivity index is 0.000000274.